The van der Waals surface area contributed by atoms with Crippen LogP contribution in [-0.4, -0.2) is 17.3 Å². The molecule has 1 aromatic carbocycles. The van der Waals surface area contributed by atoms with Crippen LogP contribution in [0, 0.1) is 6.92 Å². The number of ether oxygens (including phenoxy) is 1. The maximum Gasteiger partial charge on any atom is 0.123 e. The fourth-order valence-corrected chi connectivity index (χ4v) is 1.78. The maximum atomic E-state index is 9.70. The first-order chi connectivity index (χ1) is 8.09. The van der Waals surface area contributed by atoms with E-state index in [1.165, 1.54) is 11.1 Å². The van der Waals surface area contributed by atoms with Crippen LogP contribution in [0.1, 0.15) is 52.2 Å². The minimum absolute atomic E-state index is 0.0672. The number of hydrogen-bond donors (Lipinski definition) is 1. The monoisotopic (exact) mass is 250 g/mol. The van der Waals surface area contributed by atoms with Gasteiger partial charge in [0.1, 0.15) is 5.75 Å². The van der Waals surface area contributed by atoms with Crippen molar-refractivity contribution in [3.8, 4) is 5.75 Å². The molecule has 2 nitrogen and oxygen atoms in total. The second kappa shape index (κ2) is 5.31. The number of rotatable bonds is 4. The molecule has 102 valence electrons. The Bertz CT molecular complexity index is 395. The molecule has 0 aromatic heterocycles. The Kier molecular flexibility index (Phi) is 4.44. The van der Waals surface area contributed by atoms with E-state index in [1.54, 1.807) is 13.8 Å². The SMILES string of the molecule is Cc1ccc(C(C)(C)C)c(OCCC(C)(C)O)c1. The van der Waals surface area contributed by atoms with Crippen molar-refractivity contribution < 1.29 is 9.84 Å². The summed E-state index contributed by atoms with van der Waals surface area (Å²) in [6.07, 6.45) is 0.629. The Morgan fingerprint density at radius 1 is 1.11 bits per heavy atom. The number of benzene rings is 1. The van der Waals surface area contributed by atoms with Gasteiger partial charge in [0.05, 0.1) is 12.2 Å². The van der Waals surface area contributed by atoms with Gasteiger partial charge < -0.3 is 9.84 Å². The molecular weight excluding hydrogens is 224 g/mol. The molecule has 0 radical (unpaired) electrons. The molecule has 0 atom stereocenters. The zero-order chi connectivity index (χ0) is 14.0. The molecule has 18 heavy (non-hydrogen) atoms. The van der Waals surface area contributed by atoms with Crippen LogP contribution >= 0.6 is 0 Å². The van der Waals surface area contributed by atoms with Crippen molar-refractivity contribution in [2.45, 2.75) is 59.0 Å². The molecule has 1 rings (SSSR count). The summed E-state index contributed by atoms with van der Waals surface area (Å²) in [4.78, 5) is 0. The third-order valence-electron chi connectivity index (χ3n) is 2.92. The molecule has 0 heterocycles. The molecular formula is C16H26O2. The zero-order valence-corrected chi connectivity index (χ0v) is 12.5. The van der Waals surface area contributed by atoms with Crippen molar-refractivity contribution in [2.24, 2.45) is 0 Å². The third kappa shape index (κ3) is 4.69. The van der Waals surface area contributed by atoms with Crippen molar-refractivity contribution in [3.05, 3.63) is 29.3 Å². The highest BCUT2D eigenvalue weighted by molar-refractivity contribution is 5.41. The van der Waals surface area contributed by atoms with Crippen molar-refractivity contribution >= 4 is 0 Å². The Morgan fingerprint density at radius 3 is 2.22 bits per heavy atom. The van der Waals surface area contributed by atoms with Gasteiger partial charge in [0, 0.05) is 6.42 Å². The quantitative estimate of drug-likeness (QED) is 0.880. The highest BCUT2D eigenvalue weighted by atomic mass is 16.5. The Balaban J connectivity index is 2.84. The lowest BCUT2D eigenvalue weighted by molar-refractivity contribution is 0.0551. The van der Waals surface area contributed by atoms with Gasteiger partial charge in [-0.1, -0.05) is 32.9 Å². The lowest BCUT2D eigenvalue weighted by Gasteiger charge is -2.24. The van der Waals surface area contributed by atoms with E-state index in [-0.39, 0.29) is 5.41 Å². The summed E-state index contributed by atoms with van der Waals surface area (Å²) in [5, 5.41) is 9.70. The van der Waals surface area contributed by atoms with Crippen LogP contribution in [0.4, 0.5) is 0 Å². The molecule has 0 fully saturated rings. The minimum atomic E-state index is -0.675. The molecule has 0 aliphatic heterocycles. The molecule has 0 aliphatic rings. The summed E-state index contributed by atoms with van der Waals surface area (Å²) in [6.45, 7) is 12.8. The summed E-state index contributed by atoms with van der Waals surface area (Å²) in [5.74, 6) is 0.937. The first kappa shape index (κ1) is 15.0. The second-order valence-corrected chi connectivity index (χ2v) is 6.66. The molecule has 0 unspecified atom stereocenters. The van der Waals surface area contributed by atoms with Crippen LogP contribution in [-0.2, 0) is 5.41 Å². The van der Waals surface area contributed by atoms with E-state index >= 15 is 0 Å². The molecule has 1 aromatic rings. The fraction of sp³-hybridized carbons (Fsp3) is 0.625. The van der Waals surface area contributed by atoms with Crippen LogP contribution in [0.5, 0.6) is 5.75 Å². The van der Waals surface area contributed by atoms with E-state index in [0.29, 0.717) is 13.0 Å². The van der Waals surface area contributed by atoms with Gasteiger partial charge in [-0.15, -0.1) is 0 Å². The van der Waals surface area contributed by atoms with Gasteiger partial charge in [0.25, 0.3) is 0 Å². The maximum absolute atomic E-state index is 9.70. The molecule has 0 saturated heterocycles. The third-order valence-corrected chi connectivity index (χ3v) is 2.92. The molecule has 0 amide bonds. The van der Waals surface area contributed by atoms with E-state index in [2.05, 4.69) is 45.9 Å². The van der Waals surface area contributed by atoms with Gasteiger partial charge in [-0.05, 0) is 43.4 Å². The van der Waals surface area contributed by atoms with Gasteiger partial charge in [-0.2, -0.15) is 0 Å². The van der Waals surface area contributed by atoms with Crippen molar-refractivity contribution in [1.29, 1.82) is 0 Å². The average molecular weight is 250 g/mol. The smallest absolute Gasteiger partial charge is 0.123 e. The molecule has 0 spiro atoms. The van der Waals surface area contributed by atoms with Gasteiger partial charge in [-0.25, -0.2) is 0 Å². The van der Waals surface area contributed by atoms with E-state index in [1.807, 2.05) is 0 Å². The summed E-state index contributed by atoms with van der Waals surface area (Å²) < 4.78 is 5.86. The van der Waals surface area contributed by atoms with E-state index in [4.69, 9.17) is 4.74 Å². The highest BCUT2D eigenvalue weighted by Crippen LogP contribution is 2.32. The molecule has 2 heteroatoms. The fourth-order valence-electron chi connectivity index (χ4n) is 1.78. The van der Waals surface area contributed by atoms with Gasteiger partial charge in [0.15, 0.2) is 0 Å². The largest absolute Gasteiger partial charge is 0.493 e. The molecule has 0 saturated carbocycles. The minimum Gasteiger partial charge on any atom is -0.493 e. The predicted molar refractivity (Wildman–Crippen MR) is 76.3 cm³/mol. The molecule has 0 bridgehead atoms. The van der Waals surface area contributed by atoms with E-state index in [9.17, 15) is 5.11 Å². The van der Waals surface area contributed by atoms with Crippen LogP contribution < -0.4 is 4.74 Å². The topological polar surface area (TPSA) is 29.5 Å². The molecule has 1 N–H and O–H groups in total. The van der Waals surface area contributed by atoms with Crippen molar-refractivity contribution in [2.75, 3.05) is 6.61 Å². The first-order valence-electron chi connectivity index (χ1n) is 6.56. The van der Waals surface area contributed by atoms with Gasteiger partial charge in [-0.3, -0.25) is 0 Å². The number of aliphatic hydroxyl groups is 1. The van der Waals surface area contributed by atoms with Crippen LogP contribution in [0.2, 0.25) is 0 Å². The number of hydrogen-bond acceptors (Lipinski definition) is 2. The second-order valence-electron chi connectivity index (χ2n) is 6.66. The van der Waals surface area contributed by atoms with Crippen molar-refractivity contribution in [3.63, 3.8) is 0 Å². The Hall–Kier alpha value is -1.02. The van der Waals surface area contributed by atoms with Crippen LogP contribution in [0.25, 0.3) is 0 Å². The average Bonchev–Trinajstić information content (AvgIpc) is 2.13. The van der Waals surface area contributed by atoms with Gasteiger partial charge in [0.2, 0.25) is 0 Å². The standard InChI is InChI=1S/C16H26O2/c1-12-7-8-13(15(2,3)4)14(11-12)18-10-9-16(5,6)17/h7-8,11,17H,9-10H2,1-6H3. The summed E-state index contributed by atoms with van der Waals surface area (Å²) >= 11 is 0. The van der Waals surface area contributed by atoms with Crippen molar-refractivity contribution in [1.82, 2.24) is 0 Å². The predicted octanol–water partition coefficient (Wildman–Crippen LogP) is 3.83. The zero-order valence-electron chi connectivity index (χ0n) is 12.5. The highest BCUT2D eigenvalue weighted by Gasteiger charge is 2.19. The van der Waals surface area contributed by atoms with E-state index in [0.717, 1.165) is 5.75 Å². The van der Waals surface area contributed by atoms with E-state index < -0.39 is 5.60 Å². The summed E-state index contributed by atoms with van der Waals surface area (Å²) in [6, 6.07) is 6.32. The van der Waals surface area contributed by atoms with Crippen LogP contribution in [0.3, 0.4) is 0 Å². The summed E-state index contributed by atoms with van der Waals surface area (Å²) in [7, 11) is 0. The number of aryl methyl sites for hydroxylation is 1. The molecule has 0 aliphatic carbocycles. The normalized spacial score (nSPS) is 12.6. The lowest BCUT2D eigenvalue weighted by atomic mass is 9.86. The first-order valence-corrected chi connectivity index (χ1v) is 6.56. The Morgan fingerprint density at radius 2 is 1.72 bits per heavy atom. The Labute approximate surface area is 111 Å². The summed E-state index contributed by atoms with van der Waals surface area (Å²) in [5.41, 5.74) is 1.80. The van der Waals surface area contributed by atoms with Gasteiger partial charge >= 0.3 is 0 Å². The van der Waals surface area contributed by atoms with Crippen LogP contribution in [0.15, 0.2) is 18.2 Å². The lowest BCUT2D eigenvalue weighted by Crippen LogP contribution is -2.22.